The molecule has 5 heteroatoms. The van der Waals surface area contributed by atoms with E-state index in [0.717, 1.165) is 5.56 Å². The van der Waals surface area contributed by atoms with Gasteiger partial charge in [-0.25, -0.2) is 0 Å². The molecular weight excluding hydrogens is 294 g/mol. The van der Waals surface area contributed by atoms with Gasteiger partial charge in [0.15, 0.2) is 0 Å². The number of imide groups is 1. The number of hydrogen-bond acceptors (Lipinski definition) is 4. The van der Waals surface area contributed by atoms with Crippen molar-refractivity contribution in [2.24, 2.45) is 0 Å². The van der Waals surface area contributed by atoms with Crippen LogP contribution in [0.3, 0.4) is 0 Å². The smallest absolute Gasteiger partial charge is 0.258 e. The molecule has 5 nitrogen and oxygen atoms in total. The Balaban J connectivity index is 2.14. The number of hydrogen-bond donors (Lipinski definition) is 1. The summed E-state index contributed by atoms with van der Waals surface area (Å²) in [6.45, 7) is 0. The average Bonchev–Trinajstić information content (AvgIpc) is 2.58. The lowest BCUT2D eigenvalue weighted by molar-refractivity contribution is -0.114. The molecule has 0 bridgehead atoms. The fourth-order valence-electron chi connectivity index (χ4n) is 2.50. The van der Waals surface area contributed by atoms with Crippen LogP contribution >= 0.6 is 0 Å². The molecule has 0 aromatic heterocycles. The van der Waals surface area contributed by atoms with Gasteiger partial charge in [-0.05, 0) is 35.4 Å². The maximum Gasteiger partial charge on any atom is 0.258 e. The standard InChI is InChI=1S/C18H15NO4/c1-22-12-7-11(8-13(10-12)23-2)9-16-14-5-3-4-6-15(14)17(20)19-18(16)21/h3-10H,1-2H3,(H,19,20,21). The molecule has 2 aromatic carbocycles. The topological polar surface area (TPSA) is 64.6 Å². The minimum atomic E-state index is -0.421. The molecule has 0 fully saturated rings. The van der Waals surface area contributed by atoms with Crippen molar-refractivity contribution in [2.75, 3.05) is 14.2 Å². The number of rotatable bonds is 3. The predicted octanol–water partition coefficient (Wildman–Crippen LogP) is 2.51. The molecule has 0 saturated carbocycles. The first kappa shape index (κ1) is 14.8. The minimum Gasteiger partial charge on any atom is -0.497 e. The van der Waals surface area contributed by atoms with E-state index in [1.807, 2.05) is 0 Å². The second-order valence-electron chi connectivity index (χ2n) is 5.03. The lowest BCUT2D eigenvalue weighted by Crippen LogP contribution is -2.36. The highest BCUT2D eigenvalue weighted by Crippen LogP contribution is 2.29. The monoisotopic (exact) mass is 309 g/mol. The van der Waals surface area contributed by atoms with Gasteiger partial charge in [0.2, 0.25) is 0 Å². The number of amides is 2. The van der Waals surface area contributed by atoms with Gasteiger partial charge in [0.1, 0.15) is 11.5 Å². The van der Waals surface area contributed by atoms with Gasteiger partial charge in [0, 0.05) is 17.2 Å². The third-order valence-corrected chi connectivity index (χ3v) is 3.62. The first-order valence-electron chi connectivity index (χ1n) is 7.02. The van der Waals surface area contributed by atoms with E-state index >= 15 is 0 Å². The second kappa shape index (κ2) is 5.96. The van der Waals surface area contributed by atoms with Crippen molar-refractivity contribution in [3.8, 4) is 11.5 Å². The quantitative estimate of drug-likeness (QED) is 0.699. The zero-order valence-electron chi connectivity index (χ0n) is 12.8. The number of benzene rings is 2. The van der Waals surface area contributed by atoms with Crippen LogP contribution in [0.1, 0.15) is 21.5 Å². The summed E-state index contributed by atoms with van der Waals surface area (Å²) in [7, 11) is 3.12. The van der Waals surface area contributed by atoms with Crippen LogP contribution < -0.4 is 14.8 Å². The Bertz CT molecular complexity index is 801. The number of fused-ring (bicyclic) bond motifs is 1. The molecule has 3 rings (SSSR count). The van der Waals surface area contributed by atoms with Crippen LogP contribution in [0.5, 0.6) is 11.5 Å². The highest BCUT2D eigenvalue weighted by Gasteiger charge is 2.26. The third-order valence-electron chi connectivity index (χ3n) is 3.62. The van der Waals surface area contributed by atoms with Crippen molar-refractivity contribution < 1.29 is 19.1 Å². The fourth-order valence-corrected chi connectivity index (χ4v) is 2.50. The normalized spacial score (nSPS) is 15.1. The summed E-state index contributed by atoms with van der Waals surface area (Å²) in [6, 6.07) is 12.3. The van der Waals surface area contributed by atoms with Crippen molar-refractivity contribution >= 4 is 23.5 Å². The summed E-state index contributed by atoms with van der Waals surface area (Å²) in [5.74, 6) is 0.440. The Labute approximate surface area is 133 Å². The molecule has 2 amide bonds. The van der Waals surface area contributed by atoms with Crippen molar-refractivity contribution in [3.63, 3.8) is 0 Å². The van der Waals surface area contributed by atoms with E-state index in [1.165, 1.54) is 0 Å². The summed E-state index contributed by atoms with van der Waals surface area (Å²) >= 11 is 0. The summed E-state index contributed by atoms with van der Waals surface area (Å²) in [6.07, 6.45) is 1.71. The Morgan fingerprint density at radius 2 is 1.48 bits per heavy atom. The molecular formula is C18H15NO4. The van der Waals surface area contributed by atoms with Gasteiger partial charge in [-0.2, -0.15) is 0 Å². The molecule has 0 aliphatic carbocycles. The molecule has 0 unspecified atom stereocenters. The van der Waals surface area contributed by atoms with Gasteiger partial charge in [-0.1, -0.05) is 18.2 Å². The minimum absolute atomic E-state index is 0.383. The van der Waals surface area contributed by atoms with Gasteiger partial charge < -0.3 is 9.47 Å². The maximum atomic E-state index is 12.2. The predicted molar refractivity (Wildman–Crippen MR) is 86.3 cm³/mol. The van der Waals surface area contributed by atoms with Crippen LogP contribution in [-0.4, -0.2) is 26.0 Å². The number of nitrogens with one attached hydrogen (secondary N) is 1. The lowest BCUT2D eigenvalue weighted by Gasteiger charge is -2.18. The molecule has 1 aliphatic heterocycles. The zero-order chi connectivity index (χ0) is 16.4. The van der Waals surface area contributed by atoms with Crippen molar-refractivity contribution in [2.45, 2.75) is 0 Å². The van der Waals surface area contributed by atoms with Crippen molar-refractivity contribution in [3.05, 3.63) is 59.2 Å². The van der Waals surface area contributed by atoms with Gasteiger partial charge in [0.25, 0.3) is 11.8 Å². The summed E-state index contributed by atoms with van der Waals surface area (Å²) in [4.78, 5) is 24.1. The Kier molecular flexibility index (Phi) is 3.85. The van der Waals surface area contributed by atoms with E-state index in [1.54, 1.807) is 62.8 Å². The van der Waals surface area contributed by atoms with E-state index in [0.29, 0.717) is 28.2 Å². The van der Waals surface area contributed by atoms with Crippen LogP contribution in [0.15, 0.2) is 42.5 Å². The molecule has 0 saturated heterocycles. The van der Waals surface area contributed by atoms with Crippen LogP contribution in [0.2, 0.25) is 0 Å². The molecule has 1 N–H and O–H groups in total. The summed E-state index contributed by atoms with van der Waals surface area (Å²) < 4.78 is 10.5. The molecule has 1 aliphatic rings. The highest BCUT2D eigenvalue weighted by atomic mass is 16.5. The van der Waals surface area contributed by atoms with Crippen LogP contribution in [0.4, 0.5) is 0 Å². The largest absolute Gasteiger partial charge is 0.497 e. The maximum absolute atomic E-state index is 12.2. The van der Waals surface area contributed by atoms with Crippen LogP contribution in [-0.2, 0) is 4.79 Å². The summed E-state index contributed by atoms with van der Waals surface area (Å²) in [5.41, 5.74) is 2.27. The lowest BCUT2D eigenvalue weighted by atomic mass is 9.93. The zero-order valence-corrected chi connectivity index (χ0v) is 12.8. The fraction of sp³-hybridized carbons (Fsp3) is 0.111. The Morgan fingerprint density at radius 3 is 2.09 bits per heavy atom. The second-order valence-corrected chi connectivity index (χ2v) is 5.03. The van der Waals surface area contributed by atoms with Gasteiger partial charge >= 0.3 is 0 Å². The number of ether oxygens (including phenoxy) is 2. The Morgan fingerprint density at radius 1 is 0.870 bits per heavy atom. The van der Waals surface area contributed by atoms with Crippen LogP contribution in [0, 0.1) is 0 Å². The summed E-state index contributed by atoms with van der Waals surface area (Å²) in [5, 5.41) is 2.35. The molecule has 0 spiro atoms. The Hall–Kier alpha value is -3.08. The van der Waals surface area contributed by atoms with Gasteiger partial charge in [-0.15, -0.1) is 0 Å². The van der Waals surface area contributed by atoms with Gasteiger partial charge in [0.05, 0.1) is 14.2 Å². The van der Waals surface area contributed by atoms with Crippen LogP contribution in [0.25, 0.3) is 11.6 Å². The highest BCUT2D eigenvalue weighted by molar-refractivity contribution is 6.33. The van der Waals surface area contributed by atoms with E-state index in [9.17, 15) is 9.59 Å². The average molecular weight is 309 g/mol. The third kappa shape index (κ3) is 2.81. The molecule has 116 valence electrons. The van der Waals surface area contributed by atoms with Gasteiger partial charge in [-0.3, -0.25) is 14.9 Å². The van der Waals surface area contributed by atoms with E-state index < -0.39 is 5.91 Å². The first-order chi connectivity index (χ1) is 11.1. The molecule has 2 aromatic rings. The van der Waals surface area contributed by atoms with E-state index in [-0.39, 0.29) is 5.91 Å². The molecule has 0 radical (unpaired) electrons. The number of carbonyl (C=O) groups excluding carboxylic acids is 2. The first-order valence-corrected chi connectivity index (χ1v) is 7.02. The molecule has 23 heavy (non-hydrogen) atoms. The SMILES string of the molecule is COc1cc(C=C2C(=O)NC(=O)c3ccccc32)cc(OC)c1. The van der Waals surface area contributed by atoms with Crippen molar-refractivity contribution in [1.29, 1.82) is 0 Å². The number of methoxy groups -OCH3 is 2. The number of carbonyl (C=O) groups is 2. The van der Waals surface area contributed by atoms with Crippen molar-refractivity contribution in [1.82, 2.24) is 5.32 Å². The molecule has 0 atom stereocenters. The van der Waals surface area contributed by atoms with E-state index in [4.69, 9.17) is 9.47 Å². The molecule has 1 heterocycles. The van der Waals surface area contributed by atoms with E-state index in [2.05, 4.69) is 5.32 Å².